The molecule has 1 N–H and O–H groups in total. The standard InChI is InChI=1S/C8H7BO2/c10-9-8-5-6-3-1-2-4-7(6)11-8/h1-5,9-10H. The summed E-state index contributed by atoms with van der Waals surface area (Å²) in [6, 6.07) is 9.54. The fourth-order valence-electron chi connectivity index (χ4n) is 1.11. The number of fused-ring (bicyclic) bond motifs is 1. The van der Waals surface area contributed by atoms with Crippen molar-refractivity contribution in [2.75, 3.05) is 0 Å². The van der Waals surface area contributed by atoms with E-state index in [1.807, 2.05) is 30.3 Å². The first kappa shape index (κ1) is 6.49. The Bertz CT molecular complexity index is 334. The van der Waals surface area contributed by atoms with Crippen LogP contribution >= 0.6 is 0 Å². The van der Waals surface area contributed by atoms with E-state index in [1.54, 1.807) is 0 Å². The van der Waals surface area contributed by atoms with Crippen molar-refractivity contribution in [3.05, 3.63) is 30.3 Å². The highest BCUT2D eigenvalue weighted by molar-refractivity contribution is 6.44. The summed E-state index contributed by atoms with van der Waals surface area (Å²) >= 11 is 0. The van der Waals surface area contributed by atoms with E-state index in [9.17, 15) is 0 Å². The monoisotopic (exact) mass is 146 g/mol. The molecule has 2 nitrogen and oxygen atoms in total. The Labute approximate surface area is 64.7 Å². The lowest BCUT2D eigenvalue weighted by Crippen LogP contribution is -2.08. The van der Waals surface area contributed by atoms with Gasteiger partial charge in [0, 0.05) is 5.39 Å². The molecule has 11 heavy (non-hydrogen) atoms. The zero-order valence-corrected chi connectivity index (χ0v) is 5.95. The largest absolute Gasteiger partial charge is 0.468 e. The molecule has 0 aliphatic carbocycles. The quantitative estimate of drug-likeness (QED) is 0.590. The number of rotatable bonds is 1. The highest BCUT2D eigenvalue weighted by atomic mass is 16.3. The number of hydrogen-bond donors (Lipinski definition) is 1. The van der Waals surface area contributed by atoms with Crippen LogP contribution in [-0.4, -0.2) is 12.5 Å². The van der Waals surface area contributed by atoms with Gasteiger partial charge in [0.15, 0.2) is 0 Å². The third kappa shape index (κ3) is 1.03. The van der Waals surface area contributed by atoms with E-state index in [1.165, 1.54) is 0 Å². The molecular weight excluding hydrogens is 139 g/mol. The van der Waals surface area contributed by atoms with Gasteiger partial charge in [-0.25, -0.2) is 0 Å². The molecule has 54 valence electrons. The summed E-state index contributed by atoms with van der Waals surface area (Å²) in [4.78, 5) is 0. The molecule has 0 fully saturated rings. The second kappa shape index (κ2) is 2.44. The molecule has 1 aromatic heterocycles. The maximum Gasteiger partial charge on any atom is 0.347 e. The highest BCUT2D eigenvalue weighted by Crippen LogP contribution is 2.11. The topological polar surface area (TPSA) is 33.4 Å². The van der Waals surface area contributed by atoms with Crippen LogP contribution in [0.2, 0.25) is 0 Å². The molecule has 1 heterocycles. The van der Waals surface area contributed by atoms with Crippen LogP contribution in [0, 0.1) is 0 Å². The SMILES string of the molecule is OBc1cc2ccccc2o1. The molecule has 0 saturated carbocycles. The van der Waals surface area contributed by atoms with Crippen molar-refractivity contribution in [1.82, 2.24) is 0 Å². The van der Waals surface area contributed by atoms with Crippen LogP contribution in [0.1, 0.15) is 0 Å². The summed E-state index contributed by atoms with van der Waals surface area (Å²) in [5, 5.41) is 9.78. The van der Waals surface area contributed by atoms with Crippen molar-refractivity contribution in [1.29, 1.82) is 0 Å². The summed E-state index contributed by atoms with van der Waals surface area (Å²) in [5.41, 5.74) is 1.45. The van der Waals surface area contributed by atoms with Crippen LogP contribution in [0.15, 0.2) is 34.7 Å². The Hall–Kier alpha value is -1.22. The van der Waals surface area contributed by atoms with Crippen LogP contribution < -0.4 is 5.66 Å². The van der Waals surface area contributed by atoms with Crippen LogP contribution in [-0.2, 0) is 0 Å². The second-order valence-corrected chi connectivity index (χ2v) is 2.41. The van der Waals surface area contributed by atoms with E-state index >= 15 is 0 Å². The van der Waals surface area contributed by atoms with Gasteiger partial charge in [0.1, 0.15) is 5.58 Å². The molecule has 0 atom stereocenters. The lowest BCUT2D eigenvalue weighted by molar-refractivity contribution is 0.584. The molecule has 0 saturated heterocycles. The van der Waals surface area contributed by atoms with Crippen LogP contribution in [0.25, 0.3) is 11.0 Å². The molecule has 0 radical (unpaired) electrons. The van der Waals surface area contributed by atoms with Gasteiger partial charge < -0.3 is 9.44 Å². The van der Waals surface area contributed by atoms with Crippen LogP contribution in [0.3, 0.4) is 0 Å². The Morgan fingerprint density at radius 2 is 2.09 bits per heavy atom. The number of para-hydroxylation sites is 1. The van der Waals surface area contributed by atoms with Gasteiger partial charge in [-0.15, -0.1) is 0 Å². The third-order valence-electron chi connectivity index (χ3n) is 1.63. The first-order valence-electron chi connectivity index (χ1n) is 3.48. The van der Waals surface area contributed by atoms with Crippen molar-refractivity contribution in [3.63, 3.8) is 0 Å². The van der Waals surface area contributed by atoms with Gasteiger partial charge in [-0.1, -0.05) is 18.2 Å². The van der Waals surface area contributed by atoms with Gasteiger partial charge in [0.05, 0.1) is 5.66 Å². The number of furan rings is 1. The van der Waals surface area contributed by atoms with E-state index in [0.717, 1.165) is 11.0 Å². The average Bonchev–Trinajstić information content (AvgIpc) is 2.46. The van der Waals surface area contributed by atoms with Crippen molar-refractivity contribution in [2.24, 2.45) is 0 Å². The molecule has 2 rings (SSSR count). The van der Waals surface area contributed by atoms with Crippen molar-refractivity contribution >= 4 is 24.1 Å². The molecule has 0 aliphatic rings. The van der Waals surface area contributed by atoms with E-state index in [2.05, 4.69) is 0 Å². The molecular formula is C8H7BO2. The minimum atomic E-state index is -0.0331. The molecule has 0 amide bonds. The lowest BCUT2D eigenvalue weighted by atomic mass is 9.98. The first-order chi connectivity index (χ1) is 5.40. The fourth-order valence-corrected chi connectivity index (χ4v) is 1.11. The van der Waals surface area contributed by atoms with E-state index in [-0.39, 0.29) is 7.48 Å². The number of benzene rings is 1. The molecule has 2 aromatic rings. The predicted molar refractivity (Wildman–Crippen MR) is 45.2 cm³/mol. The molecule has 1 aromatic carbocycles. The Morgan fingerprint density at radius 1 is 1.27 bits per heavy atom. The van der Waals surface area contributed by atoms with Crippen molar-refractivity contribution < 1.29 is 9.44 Å². The first-order valence-corrected chi connectivity index (χ1v) is 3.48. The van der Waals surface area contributed by atoms with Gasteiger partial charge in [0.2, 0.25) is 0 Å². The fraction of sp³-hybridized carbons (Fsp3) is 0. The third-order valence-corrected chi connectivity index (χ3v) is 1.63. The molecule has 0 spiro atoms. The van der Waals surface area contributed by atoms with Crippen LogP contribution in [0.5, 0.6) is 0 Å². The van der Waals surface area contributed by atoms with Crippen molar-refractivity contribution in [2.45, 2.75) is 0 Å². The molecule has 0 aliphatic heterocycles. The Kier molecular flexibility index (Phi) is 1.44. The summed E-state index contributed by atoms with van der Waals surface area (Å²) in [7, 11) is -0.0331. The normalized spacial score (nSPS) is 10.3. The summed E-state index contributed by atoms with van der Waals surface area (Å²) in [6.45, 7) is 0. The smallest absolute Gasteiger partial charge is 0.347 e. The van der Waals surface area contributed by atoms with Gasteiger partial charge in [-0.2, -0.15) is 0 Å². The van der Waals surface area contributed by atoms with Crippen molar-refractivity contribution in [3.8, 4) is 0 Å². The van der Waals surface area contributed by atoms with Gasteiger partial charge in [-0.05, 0) is 12.1 Å². The minimum absolute atomic E-state index is 0.0331. The van der Waals surface area contributed by atoms with Gasteiger partial charge >= 0.3 is 7.48 Å². The highest BCUT2D eigenvalue weighted by Gasteiger charge is 2.01. The van der Waals surface area contributed by atoms with Gasteiger partial charge in [0.25, 0.3) is 0 Å². The molecule has 3 heteroatoms. The molecule has 0 unspecified atom stereocenters. The zero-order chi connectivity index (χ0) is 7.68. The summed E-state index contributed by atoms with van der Waals surface area (Å²) in [6.07, 6.45) is 0. The predicted octanol–water partition coefficient (Wildman–Crippen LogP) is 0.402. The lowest BCUT2D eigenvalue weighted by Gasteiger charge is -1.82. The number of hydrogen-bond acceptors (Lipinski definition) is 2. The van der Waals surface area contributed by atoms with Gasteiger partial charge in [-0.3, -0.25) is 0 Å². The van der Waals surface area contributed by atoms with E-state index in [0.29, 0.717) is 5.66 Å². The zero-order valence-electron chi connectivity index (χ0n) is 5.95. The van der Waals surface area contributed by atoms with Crippen LogP contribution in [0.4, 0.5) is 0 Å². The summed E-state index contributed by atoms with van der Waals surface area (Å²) < 4.78 is 5.27. The van der Waals surface area contributed by atoms with E-state index < -0.39 is 0 Å². The summed E-state index contributed by atoms with van der Waals surface area (Å²) in [5.74, 6) is 0. The molecule has 0 bridgehead atoms. The average molecular weight is 146 g/mol. The minimum Gasteiger partial charge on any atom is -0.468 e. The maximum atomic E-state index is 8.74. The van der Waals surface area contributed by atoms with E-state index in [4.69, 9.17) is 9.44 Å². The second-order valence-electron chi connectivity index (χ2n) is 2.41. The Morgan fingerprint density at radius 3 is 2.82 bits per heavy atom. The maximum absolute atomic E-state index is 8.74. The Balaban J connectivity index is 2.69.